The summed E-state index contributed by atoms with van der Waals surface area (Å²) >= 11 is 0. The van der Waals surface area contributed by atoms with Crippen LogP contribution in [0, 0.1) is 11.3 Å². The fraction of sp³-hybridized carbons (Fsp3) is 1.00. The van der Waals surface area contributed by atoms with Crippen LogP contribution in [0.25, 0.3) is 0 Å². The van der Waals surface area contributed by atoms with Crippen molar-refractivity contribution in [2.24, 2.45) is 17.1 Å². The molecule has 0 aromatic carbocycles. The molecule has 0 spiro atoms. The molecule has 0 atom stereocenters. The lowest BCUT2D eigenvalue weighted by Gasteiger charge is -2.43. The van der Waals surface area contributed by atoms with Crippen LogP contribution < -0.4 is 11.1 Å². The fourth-order valence-corrected chi connectivity index (χ4v) is 3.01. The summed E-state index contributed by atoms with van der Waals surface area (Å²) in [4.78, 5) is 0. The molecule has 2 aliphatic rings. The van der Waals surface area contributed by atoms with Gasteiger partial charge in [0, 0.05) is 12.1 Å². The van der Waals surface area contributed by atoms with Crippen molar-refractivity contribution >= 4 is 0 Å². The first-order valence-corrected chi connectivity index (χ1v) is 7.50. The summed E-state index contributed by atoms with van der Waals surface area (Å²) in [5.41, 5.74) is 6.82. The highest BCUT2D eigenvalue weighted by Crippen LogP contribution is 2.40. The van der Waals surface area contributed by atoms with Gasteiger partial charge in [0.2, 0.25) is 0 Å². The molecular weight excluding hydrogens is 208 g/mol. The van der Waals surface area contributed by atoms with Gasteiger partial charge in [-0.05, 0) is 56.4 Å². The standard InChI is InChI=1S/C15H30N2/c1-14(2)7-9-15(12-16,10-8-14)17-11-3-4-13-5-6-13/h13,17H,3-12,16H2,1-2H3. The van der Waals surface area contributed by atoms with Crippen molar-refractivity contribution in [3.63, 3.8) is 0 Å². The molecule has 0 aromatic heterocycles. The summed E-state index contributed by atoms with van der Waals surface area (Å²) in [5, 5.41) is 3.78. The van der Waals surface area contributed by atoms with E-state index < -0.39 is 0 Å². The van der Waals surface area contributed by atoms with Gasteiger partial charge >= 0.3 is 0 Å². The molecule has 2 heteroatoms. The molecule has 2 aliphatic carbocycles. The third-order valence-electron chi connectivity index (χ3n) is 4.94. The average molecular weight is 238 g/mol. The number of hydrogen-bond donors (Lipinski definition) is 2. The van der Waals surface area contributed by atoms with Gasteiger partial charge in [0.15, 0.2) is 0 Å². The van der Waals surface area contributed by atoms with Gasteiger partial charge in [0.25, 0.3) is 0 Å². The molecule has 0 aliphatic heterocycles. The molecule has 2 nitrogen and oxygen atoms in total. The monoisotopic (exact) mass is 238 g/mol. The first-order valence-electron chi connectivity index (χ1n) is 7.50. The molecule has 2 saturated carbocycles. The fourth-order valence-electron chi connectivity index (χ4n) is 3.01. The molecule has 2 rings (SSSR count). The van der Waals surface area contributed by atoms with Crippen LogP contribution >= 0.6 is 0 Å². The van der Waals surface area contributed by atoms with E-state index in [1.165, 1.54) is 57.9 Å². The Labute approximate surface area is 107 Å². The molecule has 0 amide bonds. The van der Waals surface area contributed by atoms with Gasteiger partial charge in [-0.25, -0.2) is 0 Å². The SMILES string of the molecule is CC1(C)CCC(CN)(NCCCC2CC2)CC1. The van der Waals surface area contributed by atoms with Gasteiger partial charge in [-0.1, -0.05) is 26.7 Å². The summed E-state index contributed by atoms with van der Waals surface area (Å²) in [7, 11) is 0. The highest BCUT2D eigenvalue weighted by Gasteiger charge is 2.36. The number of nitrogens with two attached hydrogens (primary N) is 1. The number of nitrogens with one attached hydrogen (secondary N) is 1. The summed E-state index contributed by atoms with van der Waals surface area (Å²) in [6.07, 6.45) is 10.9. The van der Waals surface area contributed by atoms with Crippen LogP contribution in [-0.2, 0) is 0 Å². The van der Waals surface area contributed by atoms with E-state index in [0.717, 1.165) is 12.5 Å². The van der Waals surface area contributed by atoms with Crippen LogP contribution in [0.2, 0.25) is 0 Å². The molecular formula is C15H30N2. The molecule has 0 bridgehead atoms. The number of rotatable bonds is 6. The van der Waals surface area contributed by atoms with Crippen molar-refractivity contribution in [2.45, 2.75) is 70.8 Å². The first kappa shape index (κ1) is 13.4. The lowest BCUT2D eigenvalue weighted by Crippen LogP contribution is -2.54. The van der Waals surface area contributed by atoms with Crippen molar-refractivity contribution < 1.29 is 0 Å². The van der Waals surface area contributed by atoms with Crippen molar-refractivity contribution in [1.82, 2.24) is 5.32 Å². The molecule has 0 unspecified atom stereocenters. The third-order valence-corrected chi connectivity index (χ3v) is 4.94. The van der Waals surface area contributed by atoms with Crippen molar-refractivity contribution in [3.8, 4) is 0 Å². The Balaban J connectivity index is 1.70. The van der Waals surface area contributed by atoms with Crippen molar-refractivity contribution in [2.75, 3.05) is 13.1 Å². The zero-order valence-corrected chi connectivity index (χ0v) is 11.7. The van der Waals surface area contributed by atoms with Crippen molar-refractivity contribution in [3.05, 3.63) is 0 Å². The van der Waals surface area contributed by atoms with Gasteiger partial charge < -0.3 is 11.1 Å². The predicted molar refractivity (Wildman–Crippen MR) is 74.0 cm³/mol. The lowest BCUT2D eigenvalue weighted by molar-refractivity contribution is 0.139. The molecule has 3 N–H and O–H groups in total. The van der Waals surface area contributed by atoms with Crippen LogP contribution in [-0.4, -0.2) is 18.6 Å². The van der Waals surface area contributed by atoms with E-state index in [0.29, 0.717) is 5.41 Å². The second-order valence-corrected chi connectivity index (χ2v) is 7.16. The van der Waals surface area contributed by atoms with Gasteiger partial charge in [-0.2, -0.15) is 0 Å². The third kappa shape index (κ3) is 3.96. The Morgan fingerprint density at radius 1 is 1.12 bits per heavy atom. The van der Waals surface area contributed by atoms with Gasteiger partial charge in [-0.15, -0.1) is 0 Å². The summed E-state index contributed by atoms with van der Waals surface area (Å²) < 4.78 is 0. The molecule has 2 fully saturated rings. The van der Waals surface area contributed by atoms with Gasteiger partial charge in [-0.3, -0.25) is 0 Å². The number of hydrogen-bond acceptors (Lipinski definition) is 2. The van der Waals surface area contributed by atoms with Crippen LogP contribution in [0.15, 0.2) is 0 Å². The quantitative estimate of drug-likeness (QED) is 0.698. The van der Waals surface area contributed by atoms with Gasteiger partial charge in [0.1, 0.15) is 0 Å². The minimum atomic E-state index is 0.263. The van der Waals surface area contributed by atoms with Gasteiger partial charge in [0.05, 0.1) is 0 Å². The van der Waals surface area contributed by atoms with E-state index in [9.17, 15) is 0 Å². The molecule has 100 valence electrons. The lowest BCUT2D eigenvalue weighted by atomic mass is 9.69. The molecule has 0 heterocycles. The Bertz CT molecular complexity index is 233. The topological polar surface area (TPSA) is 38.0 Å². The normalized spacial score (nSPS) is 27.0. The molecule has 0 saturated heterocycles. The smallest absolute Gasteiger partial charge is 0.0304 e. The maximum Gasteiger partial charge on any atom is 0.0304 e. The second-order valence-electron chi connectivity index (χ2n) is 7.16. The summed E-state index contributed by atoms with van der Waals surface area (Å²) in [5.74, 6) is 1.07. The summed E-state index contributed by atoms with van der Waals surface area (Å²) in [6.45, 7) is 6.77. The molecule has 0 radical (unpaired) electrons. The predicted octanol–water partition coefficient (Wildman–Crippen LogP) is 3.06. The maximum absolute atomic E-state index is 6.02. The van der Waals surface area contributed by atoms with E-state index in [4.69, 9.17) is 5.73 Å². The van der Waals surface area contributed by atoms with E-state index >= 15 is 0 Å². The van der Waals surface area contributed by atoms with Crippen LogP contribution in [0.4, 0.5) is 0 Å². The van der Waals surface area contributed by atoms with Crippen LogP contribution in [0.3, 0.4) is 0 Å². The van der Waals surface area contributed by atoms with Crippen LogP contribution in [0.5, 0.6) is 0 Å². The Morgan fingerprint density at radius 2 is 1.76 bits per heavy atom. The van der Waals surface area contributed by atoms with Crippen LogP contribution in [0.1, 0.15) is 65.2 Å². The summed E-state index contributed by atoms with van der Waals surface area (Å²) in [6, 6.07) is 0. The van der Waals surface area contributed by atoms with Crippen molar-refractivity contribution in [1.29, 1.82) is 0 Å². The Kier molecular flexibility index (Phi) is 4.14. The Morgan fingerprint density at radius 3 is 2.29 bits per heavy atom. The largest absolute Gasteiger partial charge is 0.329 e. The highest BCUT2D eigenvalue weighted by atomic mass is 15.0. The molecule has 17 heavy (non-hydrogen) atoms. The van der Waals surface area contributed by atoms with E-state index in [-0.39, 0.29) is 5.54 Å². The average Bonchev–Trinajstić information content (AvgIpc) is 3.11. The minimum absolute atomic E-state index is 0.263. The van der Waals surface area contributed by atoms with E-state index in [1.54, 1.807) is 0 Å². The van der Waals surface area contributed by atoms with E-state index in [2.05, 4.69) is 19.2 Å². The zero-order chi connectivity index (χ0) is 12.4. The molecule has 0 aromatic rings. The van der Waals surface area contributed by atoms with E-state index in [1.807, 2.05) is 0 Å². The second kappa shape index (κ2) is 5.27. The highest BCUT2D eigenvalue weighted by molar-refractivity contribution is 4.96. The Hall–Kier alpha value is -0.0800. The first-order chi connectivity index (χ1) is 8.05. The maximum atomic E-state index is 6.02. The zero-order valence-electron chi connectivity index (χ0n) is 11.7. The minimum Gasteiger partial charge on any atom is -0.329 e.